The van der Waals surface area contributed by atoms with Gasteiger partial charge in [0.1, 0.15) is 12.5 Å². The van der Waals surface area contributed by atoms with E-state index in [0.717, 1.165) is 18.6 Å². The van der Waals surface area contributed by atoms with Crippen molar-refractivity contribution in [2.45, 2.75) is 45.4 Å². The Balaban J connectivity index is 1.72. The lowest BCUT2D eigenvalue weighted by atomic mass is 10.2. The Morgan fingerprint density at radius 1 is 1.32 bits per heavy atom. The molecule has 1 aliphatic rings. The molecule has 0 unspecified atom stereocenters. The van der Waals surface area contributed by atoms with Crippen LogP contribution in [0.2, 0.25) is 0 Å². The maximum Gasteiger partial charge on any atom is 0.172 e. The fraction of sp³-hybridized carbons (Fsp3) is 0.533. The van der Waals surface area contributed by atoms with Crippen molar-refractivity contribution in [1.82, 2.24) is 5.32 Å². The van der Waals surface area contributed by atoms with E-state index in [4.69, 9.17) is 9.47 Å². The van der Waals surface area contributed by atoms with Crippen LogP contribution in [-0.2, 0) is 4.74 Å². The first-order valence-electron chi connectivity index (χ1n) is 6.74. The van der Waals surface area contributed by atoms with Crippen LogP contribution in [0.5, 0.6) is 5.75 Å². The minimum absolute atomic E-state index is 0.261. The number of ether oxygens (including phenoxy) is 2. The molecule has 0 spiro atoms. The number of hydrogen-bond donors (Lipinski definition) is 1. The van der Waals surface area contributed by atoms with Crippen molar-refractivity contribution >= 4 is 6.40 Å². The summed E-state index contributed by atoms with van der Waals surface area (Å²) in [5.74, 6) is 0.866. The zero-order chi connectivity index (χ0) is 13.7. The van der Waals surface area contributed by atoms with Gasteiger partial charge in [0.15, 0.2) is 12.1 Å². The van der Waals surface area contributed by atoms with E-state index < -0.39 is 0 Å². The smallest absolute Gasteiger partial charge is 0.172 e. The van der Waals surface area contributed by atoms with Crippen LogP contribution < -0.4 is 10.1 Å². The van der Waals surface area contributed by atoms with Gasteiger partial charge in [0.2, 0.25) is 0 Å². The summed E-state index contributed by atoms with van der Waals surface area (Å²) in [6.07, 6.45) is 3.54. The van der Waals surface area contributed by atoms with E-state index in [1.165, 1.54) is 5.56 Å². The average Bonchev–Trinajstić information content (AvgIpc) is 3.12. The predicted octanol–water partition coefficient (Wildman–Crippen LogP) is 2.86. The molecule has 1 N–H and O–H groups in total. The van der Waals surface area contributed by atoms with Gasteiger partial charge in [-0.25, -0.2) is 5.32 Å². The normalized spacial score (nSPS) is 16.8. The topological polar surface area (TPSA) is 42.8 Å². The predicted molar refractivity (Wildman–Crippen MR) is 76.5 cm³/mol. The van der Waals surface area contributed by atoms with Crippen molar-refractivity contribution in [1.29, 1.82) is 0 Å². The minimum atomic E-state index is -0.261. The summed E-state index contributed by atoms with van der Waals surface area (Å²) >= 11 is 0. The molecule has 0 radical (unpaired) electrons. The molecular weight excluding hydrogens is 240 g/mol. The van der Waals surface area contributed by atoms with Crippen LogP contribution in [0.3, 0.4) is 0 Å². The van der Waals surface area contributed by atoms with E-state index in [-0.39, 0.29) is 11.8 Å². The number of rotatable bonds is 7. The van der Waals surface area contributed by atoms with E-state index in [9.17, 15) is 0 Å². The Hall–Kier alpha value is -1.55. The highest BCUT2D eigenvalue weighted by Gasteiger charge is 2.44. The lowest BCUT2D eigenvalue weighted by Crippen LogP contribution is -2.36. The molecule has 0 bridgehead atoms. The molecule has 1 aliphatic carbocycles. The maximum absolute atomic E-state index is 5.63. The van der Waals surface area contributed by atoms with Gasteiger partial charge >= 0.3 is 0 Å². The van der Waals surface area contributed by atoms with Gasteiger partial charge in [0.25, 0.3) is 0 Å². The van der Waals surface area contributed by atoms with Gasteiger partial charge < -0.3 is 9.47 Å². The fourth-order valence-corrected chi connectivity index (χ4v) is 1.59. The van der Waals surface area contributed by atoms with Crippen molar-refractivity contribution in [3.63, 3.8) is 0 Å². The quantitative estimate of drug-likeness (QED) is 0.467. The molecule has 104 valence electrons. The lowest BCUT2D eigenvalue weighted by molar-refractivity contribution is 0.101. The first-order chi connectivity index (χ1) is 9.10. The van der Waals surface area contributed by atoms with E-state index in [1.54, 1.807) is 6.40 Å². The number of nitrogens with zero attached hydrogens (tertiary/aromatic N) is 1. The van der Waals surface area contributed by atoms with Crippen LogP contribution in [0, 0.1) is 6.92 Å². The van der Waals surface area contributed by atoms with Crippen LogP contribution in [0.25, 0.3) is 0 Å². The second-order valence-corrected chi connectivity index (χ2v) is 5.24. The first-order valence-corrected chi connectivity index (χ1v) is 6.74. The molecule has 19 heavy (non-hydrogen) atoms. The maximum atomic E-state index is 5.63. The van der Waals surface area contributed by atoms with Crippen LogP contribution in [0.1, 0.15) is 32.3 Å². The molecule has 4 nitrogen and oxygen atoms in total. The van der Waals surface area contributed by atoms with Gasteiger partial charge in [-0.1, -0.05) is 17.7 Å². The first kappa shape index (κ1) is 13.9. The second kappa shape index (κ2) is 6.06. The fourth-order valence-electron chi connectivity index (χ4n) is 1.59. The standard InChI is InChI=1S/C15H22N2O2/c1-12(2)16-10-19-15(8-9-15)17-11-18-14-6-4-13(3)5-7-14/h4-7,10,12,17H,8-9,11H2,1-3H3/b16-10+. The van der Waals surface area contributed by atoms with Crippen molar-refractivity contribution in [2.75, 3.05) is 6.73 Å². The zero-order valence-corrected chi connectivity index (χ0v) is 11.8. The lowest BCUT2D eigenvalue weighted by Gasteiger charge is -2.17. The average molecular weight is 262 g/mol. The summed E-state index contributed by atoms with van der Waals surface area (Å²) in [6.45, 7) is 6.54. The number of nitrogens with one attached hydrogen (secondary N) is 1. The molecule has 0 atom stereocenters. The summed E-state index contributed by atoms with van der Waals surface area (Å²) in [5.41, 5.74) is 0.968. The van der Waals surface area contributed by atoms with Gasteiger partial charge in [0.05, 0.1) is 0 Å². The Morgan fingerprint density at radius 2 is 2.00 bits per heavy atom. The van der Waals surface area contributed by atoms with Crippen molar-refractivity contribution < 1.29 is 9.47 Å². The van der Waals surface area contributed by atoms with Crippen molar-refractivity contribution in [3.05, 3.63) is 29.8 Å². The molecule has 0 aromatic heterocycles. The molecule has 2 rings (SSSR count). The van der Waals surface area contributed by atoms with Gasteiger partial charge in [0, 0.05) is 18.9 Å². The highest BCUT2D eigenvalue weighted by molar-refractivity contribution is 5.48. The minimum Gasteiger partial charge on any atom is -0.478 e. The molecule has 0 amide bonds. The van der Waals surface area contributed by atoms with E-state index in [1.807, 2.05) is 38.1 Å². The Morgan fingerprint density at radius 3 is 2.58 bits per heavy atom. The number of benzene rings is 1. The number of hydrogen-bond acceptors (Lipinski definition) is 4. The van der Waals surface area contributed by atoms with Crippen LogP contribution in [0.4, 0.5) is 0 Å². The van der Waals surface area contributed by atoms with Crippen LogP contribution >= 0.6 is 0 Å². The van der Waals surface area contributed by atoms with Crippen LogP contribution in [-0.4, -0.2) is 24.9 Å². The molecule has 1 saturated carbocycles. The highest BCUT2D eigenvalue weighted by atomic mass is 16.5. The number of aliphatic imine (C=N–C) groups is 1. The monoisotopic (exact) mass is 262 g/mol. The molecule has 4 heteroatoms. The summed E-state index contributed by atoms with van der Waals surface area (Å²) < 4.78 is 11.3. The molecule has 0 aliphatic heterocycles. The molecule has 0 heterocycles. The molecule has 1 aromatic rings. The third-order valence-electron chi connectivity index (χ3n) is 3.00. The van der Waals surface area contributed by atoms with Crippen molar-refractivity contribution in [2.24, 2.45) is 4.99 Å². The van der Waals surface area contributed by atoms with Gasteiger partial charge in [-0.3, -0.25) is 4.99 Å². The second-order valence-electron chi connectivity index (χ2n) is 5.24. The largest absolute Gasteiger partial charge is 0.478 e. The summed E-state index contributed by atoms with van der Waals surface area (Å²) in [6, 6.07) is 8.27. The van der Waals surface area contributed by atoms with Crippen LogP contribution in [0.15, 0.2) is 29.3 Å². The molecular formula is C15H22N2O2. The van der Waals surface area contributed by atoms with Gasteiger partial charge in [-0.05, 0) is 32.9 Å². The van der Waals surface area contributed by atoms with Crippen molar-refractivity contribution in [3.8, 4) is 5.75 Å². The third kappa shape index (κ3) is 4.56. The van der Waals surface area contributed by atoms with E-state index >= 15 is 0 Å². The zero-order valence-electron chi connectivity index (χ0n) is 11.8. The SMILES string of the molecule is Cc1ccc(OCNC2(O/C=N/C(C)C)CC2)cc1. The summed E-state index contributed by atoms with van der Waals surface area (Å²) in [5, 5.41) is 3.27. The molecule has 0 saturated heterocycles. The Bertz CT molecular complexity index is 422. The Kier molecular flexibility index (Phi) is 4.43. The highest BCUT2D eigenvalue weighted by Crippen LogP contribution is 2.35. The van der Waals surface area contributed by atoms with E-state index in [0.29, 0.717) is 6.73 Å². The van der Waals surface area contributed by atoms with Gasteiger partial charge in [-0.15, -0.1) is 0 Å². The molecule has 1 fully saturated rings. The Labute approximate surface area is 114 Å². The van der Waals surface area contributed by atoms with E-state index in [2.05, 4.69) is 17.2 Å². The van der Waals surface area contributed by atoms with Gasteiger partial charge in [-0.2, -0.15) is 0 Å². The summed E-state index contributed by atoms with van der Waals surface area (Å²) in [4.78, 5) is 4.20. The third-order valence-corrected chi connectivity index (χ3v) is 3.00. The molecule has 1 aromatic carbocycles. The number of aryl methyl sites for hydroxylation is 1. The summed E-state index contributed by atoms with van der Waals surface area (Å²) in [7, 11) is 0.